The molecule has 0 radical (unpaired) electrons. The summed E-state index contributed by atoms with van der Waals surface area (Å²) in [6.45, 7) is 4.20. The number of benzene rings is 2. The van der Waals surface area contributed by atoms with Crippen LogP contribution in [0.2, 0.25) is 0 Å². The first kappa shape index (κ1) is 25.0. The molecule has 8 nitrogen and oxygen atoms in total. The lowest BCUT2D eigenvalue weighted by Crippen LogP contribution is -2.46. The van der Waals surface area contributed by atoms with Crippen molar-refractivity contribution in [2.45, 2.75) is 30.7 Å². The van der Waals surface area contributed by atoms with Gasteiger partial charge in [0, 0.05) is 30.2 Å². The highest BCUT2D eigenvalue weighted by Gasteiger charge is 2.25. The topological polar surface area (TPSA) is 103 Å². The van der Waals surface area contributed by atoms with E-state index in [1.807, 2.05) is 37.3 Å². The molecule has 186 valence electrons. The van der Waals surface area contributed by atoms with Crippen LogP contribution in [-0.4, -0.2) is 56.6 Å². The van der Waals surface area contributed by atoms with Gasteiger partial charge in [-0.2, -0.15) is 0 Å². The molecular weight excluding hydrogens is 476 g/mol. The lowest BCUT2D eigenvalue weighted by molar-refractivity contribution is 0.206. The summed E-state index contributed by atoms with van der Waals surface area (Å²) in [7, 11) is -3.94. The average molecular weight is 504 g/mol. The molecule has 1 aliphatic heterocycles. The number of nitrogens with zero attached hydrogens (tertiary/aromatic N) is 2. The number of rotatable bonds is 7. The predicted octanol–water partition coefficient (Wildman–Crippen LogP) is 3.39. The van der Waals surface area contributed by atoms with Crippen LogP contribution in [0.4, 0.5) is 19.3 Å². The maximum atomic E-state index is 13.4. The minimum atomic E-state index is -3.94. The number of urea groups is 1. The number of para-hydroxylation sites is 1. The van der Waals surface area contributed by atoms with Gasteiger partial charge in [-0.3, -0.25) is 4.98 Å². The molecule has 0 saturated carbocycles. The maximum Gasteiger partial charge on any atom is 0.319 e. The fourth-order valence-corrected chi connectivity index (χ4v) is 5.43. The molecule has 1 aliphatic rings. The van der Waals surface area contributed by atoms with E-state index >= 15 is 0 Å². The largest absolute Gasteiger partial charge is 0.337 e. The highest BCUT2D eigenvalue weighted by Crippen LogP contribution is 2.23. The van der Waals surface area contributed by atoms with E-state index in [2.05, 4.69) is 25.2 Å². The summed E-state index contributed by atoms with van der Waals surface area (Å²) in [6.07, 6.45) is 1.13. The number of halogens is 2. The number of carbonyl (C=O) groups excluding carboxylic acids is 1. The Morgan fingerprint density at radius 3 is 2.57 bits per heavy atom. The quantitative estimate of drug-likeness (QED) is 0.459. The number of anilines is 1. The molecule has 2 amide bonds. The Labute approximate surface area is 202 Å². The van der Waals surface area contributed by atoms with E-state index in [0.29, 0.717) is 50.8 Å². The van der Waals surface area contributed by atoms with Crippen LogP contribution in [-0.2, 0) is 10.0 Å². The Kier molecular flexibility index (Phi) is 7.58. The number of carbonyl (C=O) groups is 1. The van der Waals surface area contributed by atoms with Crippen molar-refractivity contribution in [3.05, 3.63) is 65.9 Å². The van der Waals surface area contributed by atoms with Crippen molar-refractivity contribution in [3.8, 4) is 0 Å². The van der Waals surface area contributed by atoms with Crippen LogP contribution in [0.5, 0.6) is 0 Å². The SMILES string of the molecule is Cc1cc(NC(=O)NCCN2CCC(NS(=O)(=O)c3ccc(F)c(F)c3)CC2)c2ccccc2n1. The molecule has 2 aromatic carbocycles. The number of likely N-dealkylation sites (tertiary alicyclic amines) is 1. The van der Waals surface area contributed by atoms with E-state index in [1.165, 1.54) is 0 Å². The van der Waals surface area contributed by atoms with Crippen LogP contribution in [0.3, 0.4) is 0 Å². The molecule has 1 aromatic heterocycles. The van der Waals surface area contributed by atoms with Gasteiger partial charge in [0.25, 0.3) is 0 Å². The monoisotopic (exact) mass is 503 g/mol. The van der Waals surface area contributed by atoms with E-state index in [4.69, 9.17) is 0 Å². The lowest BCUT2D eigenvalue weighted by Gasteiger charge is -2.32. The Hall–Kier alpha value is -3.15. The number of nitrogens with one attached hydrogen (secondary N) is 3. The van der Waals surface area contributed by atoms with Gasteiger partial charge < -0.3 is 15.5 Å². The van der Waals surface area contributed by atoms with Crippen LogP contribution in [0.25, 0.3) is 10.9 Å². The molecule has 0 bridgehead atoms. The number of sulfonamides is 1. The lowest BCUT2D eigenvalue weighted by atomic mass is 10.1. The Bertz CT molecular complexity index is 1330. The number of aryl methyl sites for hydroxylation is 1. The number of pyridine rings is 1. The molecule has 11 heteroatoms. The summed E-state index contributed by atoms with van der Waals surface area (Å²) in [5.41, 5.74) is 2.31. The molecular formula is C24H27F2N5O3S. The predicted molar refractivity (Wildman–Crippen MR) is 130 cm³/mol. The third-order valence-corrected chi connectivity index (χ3v) is 7.43. The number of fused-ring (bicyclic) bond motifs is 1. The summed E-state index contributed by atoms with van der Waals surface area (Å²) in [5, 5.41) is 6.60. The van der Waals surface area contributed by atoms with Gasteiger partial charge >= 0.3 is 6.03 Å². The second kappa shape index (κ2) is 10.6. The molecule has 3 N–H and O–H groups in total. The fraction of sp³-hybridized carbons (Fsp3) is 0.333. The van der Waals surface area contributed by atoms with Crippen LogP contribution >= 0.6 is 0 Å². The molecule has 4 rings (SSSR count). The van der Waals surface area contributed by atoms with Crippen molar-refractivity contribution in [1.29, 1.82) is 0 Å². The molecule has 0 unspecified atom stereocenters. The van der Waals surface area contributed by atoms with Gasteiger partial charge in [-0.15, -0.1) is 0 Å². The maximum absolute atomic E-state index is 13.4. The summed E-state index contributed by atoms with van der Waals surface area (Å²) in [5.74, 6) is -2.30. The first-order valence-electron chi connectivity index (χ1n) is 11.3. The van der Waals surface area contributed by atoms with E-state index in [-0.39, 0.29) is 17.0 Å². The Balaban J connectivity index is 1.22. The first-order chi connectivity index (χ1) is 16.7. The zero-order valence-corrected chi connectivity index (χ0v) is 20.0. The second-order valence-electron chi connectivity index (χ2n) is 8.52. The van der Waals surface area contributed by atoms with Crippen molar-refractivity contribution in [3.63, 3.8) is 0 Å². The molecule has 0 atom stereocenters. The molecule has 2 heterocycles. The van der Waals surface area contributed by atoms with Gasteiger partial charge in [-0.05, 0) is 63.2 Å². The average Bonchev–Trinajstić information content (AvgIpc) is 2.81. The molecule has 35 heavy (non-hydrogen) atoms. The van der Waals surface area contributed by atoms with Crippen molar-refractivity contribution in [1.82, 2.24) is 19.9 Å². The van der Waals surface area contributed by atoms with Gasteiger partial charge in [0.1, 0.15) is 0 Å². The van der Waals surface area contributed by atoms with E-state index in [9.17, 15) is 22.0 Å². The van der Waals surface area contributed by atoms with Crippen LogP contribution in [0.15, 0.2) is 53.4 Å². The van der Waals surface area contributed by atoms with Gasteiger partial charge in [0.2, 0.25) is 10.0 Å². The minimum Gasteiger partial charge on any atom is -0.337 e. The van der Waals surface area contributed by atoms with Gasteiger partial charge in [-0.25, -0.2) is 26.7 Å². The highest BCUT2D eigenvalue weighted by atomic mass is 32.2. The third kappa shape index (κ3) is 6.30. The molecule has 1 fully saturated rings. The summed E-state index contributed by atoms with van der Waals surface area (Å²) in [4.78, 5) is 18.7. The molecule has 0 aliphatic carbocycles. The standard InChI is InChI=1S/C24H27F2N5O3S/c1-16-14-23(19-4-2-3-5-22(19)28-16)29-24(32)27-10-13-31-11-8-17(9-12-31)30-35(33,34)18-6-7-20(25)21(26)15-18/h2-7,14-15,17,30H,8-13H2,1H3,(H2,27,28,29,32). The van der Waals surface area contributed by atoms with Crippen LogP contribution in [0.1, 0.15) is 18.5 Å². The number of hydrogen-bond acceptors (Lipinski definition) is 5. The minimum absolute atomic E-state index is 0.300. The molecule has 3 aromatic rings. The number of hydrogen-bond donors (Lipinski definition) is 3. The summed E-state index contributed by atoms with van der Waals surface area (Å²) >= 11 is 0. The zero-order chi connectivity index (χ0) is 25.0. The van der Waals surface area contributed by atoms with Gasteiger partial charge in [-0.1, -0.05) is 18.2 Å². The number of aromatic nitrogens is 1. The normalized spacial score (nSPS) is 15.3. The highest BCUT2D eigenvalue weighted by molar-refractivity contribution is 7.89. The van der Waals surface area contributed by atoms with Gasteiger partial charge in [0.05, 0.1) is 16.1 Å². The van der Waals surface area contributed by atoms with Crippen LogP contribution < -0.4 is 15.4 Å². The van der Waals surface area contributed by atoms with E-state index < -0.39 is 21.7 Å². The summed E-state index contributed by atoms with van der Waals surface area (Å²) in [6, 6.07) is 11.3. The number of amides is 2. The molecule has 0 spiro atoms. The first-order valence-corrected chi connectivity index (χ1v) is 12.8. The van der Waals surface area contributed by atoms with E-state index in [1.54, 1.807) is 0 Å². The van der Waals surface area contributed by atoms with Crippen molar-refractivity contribution >= 4 is 32.6 Å². The van der Waals surface area contributed by atoms with Gasteiger partial charge in [0.15, 0.2) is 11.6 Å². The second-order valence-corrected chi connectivity index (χ2v) is 10.2. The zero-order valence-electron chi connectivity index (χ0n) is 19.2. The summed E-state index contributed by atoms with van der Waals surface area (Å²) < 4.78 is 54.0. The van der Waals surface area contributed by atoms with E-state index in [0.717, 1.165) is 28.7 Å². The van der Waals surface area contributed by atoms with Crippen molar-refractivity contribution < 1.29 is 22.0 Å². The smallest absolute Gasteiger partial charge is 0.319 e. The third-order valence-electron chi connectivity index (χ3n) is 5.92. The number of piperidine rings is 1. The van der Waals surface area contributed by atoms with Crippen molar-refractivity contribution in [2.75, 3.05) is 31.5 Å². The molecule has 1 saturated heterocycles. The fourth-order valence-electron chi connectivity index (χ4n) is 4.11. The van der Waals surface area contributed by atoms with Crippen molar-refractivity contribution in [2.24, 2.45) is 0 Å². The van der Waals surface area contributed by atoms with Crippen LogP contribution in [0, 0.1) is 18.6 Å². The Morgan fingerprint density at radius 2 is 1.83 bits per heavy atom. The Morgan fingerprint density at radius 1 is 1.09 bits per heavy atom.